The van der Waals surface area contributed by atoms with Crippen LogP contribution in [0.25, 0.3) is 0 Å². The predicted molar refractivity (Wildman–Crippen MR) is 72.7 cm³/mol. The first kappa shape index (κ1) is 14.8. The fourth-order valence-electron chi connectivity index (χ4n) is 1.67. The summed E-state index contributed by atoms with van der Waals surface area (Å²) in [6.07, 6.45) is 0. The molecule has 0 aliphatic rings. The molecular weight excluding hydrogens is 300 g/mol. The summed E-state index contributed by atoms with van der Waals surface area (Å²) in [5.74, 6) is -1.37. The molecule has 2 rings (SSSR count). The van der Waals surface area contributed by atoms with Crippen LogP contribution in [0.4, 0.5) is 5.69 Å². The molecular formula is C11H10N4O5S. The first-order valence-electron chi connectivity index (χ1n) is 5.78. The quantitative estimate of drug-likeness (QED) is 0.629. The van der Waals surface area contributed by atoms with Gasteiger partial charge in [-0.25, -0.2) is 14.7 Å². The molecule has 1 aromatic heterocycles. The third-order valence-corrected chi connectivity index (χ3v) is 3.63. The fourth-order valence-corrected chi connectivity index (χ4v) is 2.60. The first-order valence-corrected chi connectivity index (χ1v) is 6.60. The second kappa shape index (κ2) is 5.79. The van der Waals surface area contributed by atoms with Gasteiger partial charge < -0.3 is 5.11 Å². The Hall–Kier alpha value is -2.62. The van der Waals surface area contributed by atoms with Crippen molar-refractivity contribution >= 4 is 23.4 Å². The van der Waals surface area contributed by atoms with Crippen LogP contribution in [0.1, 0.15) is 17.3 Å². The average Bonchev–Trinajstić information content (AvgIpc) is 2.78. The van der Waals surface area contributed by atoms with Crippen molar-refractivity contribution in [2.75, 3.05) is 0 Å². The van der Waals surface area contributed by atoms with Crippen molar-refractivity contribution < 1.29 is 14.8 Å². The van der Waals surface area contributed by atoms with Crippen LogP contribution in [0.15, 0.2) is 33.0 Å². The monoisotopic (exact) mass is 310 g/mol. The Morgan fingerprint density at radius 3 is 2.86 bits per heavy atom. The van der Waals surface area contributed by atoms with E-state index in [1.54, 1.807) is 6.92 Å². The molecule has 1 aromatic carbocycles. The number of nitrogens with one attached hydrogen (secondary N) is 1. The molecule has 0 amide bonds. The van der Waals surface area contributed by atoms with Crippen molar-refractivity contribution in [2.45, 2.75) is 23.5 Å². The van der Waals surface area contributed by atoms with Gasteiger partial charge in [0.25, 0.3) is 5.69 Å². The minimum atomic E-state index is -1.37. The number of nitrogens with zero attached hydrogens (tertiary/aromatic N) is 3. The van der Waals surface area contributed by atoms with Crippen molar-refractivity contribution in [1.29, 1.82) is 0 Å². The van der Waals surface area contributed by atoms with Gasteiger partial charge in [-0.1, -0.05) is 0 Å². The molecule has 0 bridgehead atoms. The zero-order chi connectivity index (χ0) is 15.6. The first-order chi connectivity index (χ1) is 9.93. The van der Waals surface area contributed by atoms with Crippen LogP contribution in [0.5, 0.6) is 0 Å². The highest BCUT2D eigenvalue weighted by atomic mass is 32.2. The lowest BCUT2D eigenvalue weighted by atomic mass is 10.2. The molecule has 0 saturated heterocycles. The van der Waals surface area contributed by atoms with Gasteiger partial charge in [0.2, 0.25) is 0 Å². The van der Waals surface area contributed by atoms with E-state index in [0.717, 1.165) is 23.9 Å². The average molecular weight is 310 g/mol. The van der Waals surface area contributed by atoms with Crippen LogP contribution < -0.4 is 5.69 Å². The van der Waals surface area contributed by atoms with E-state index in [1.807, 2.05) is 0 Å². The van der Waals surface area contributed by atoms with Crippen molar-refractivity contribution in [3.63, 3.8) is 0 Å². The molecule has 21 heavy (non-hydrogen) atoms. The lowest BCUT2D eigenvalue weighted by Gasteiger charge is -2.03. The molecule has 0 unspecified atom stereocenters. The number of H-pyrrole nitrogens is 1. The van der Waals surface area contributed by atoms with Crippen LogP contribution in [-0.2, 0) is 6.54 Å². The van der Waals surface area contributed by atoms with Crippen LogP contribution in [-0.4, -0.2) is 30.8 Å². The Kier molecular flexibility index (Phi) is 4.08. The number of aromatic amines is 1. The molecule has 0 fully saturated rings. The molecule has 0 atom stereocenters. The predicted octanol–water partition coefficient (Wildman–Crippen LogP) is 1.35. The minimum Gasteiger partial charge on any atom is -0.477 e. The van der Waals surface area contributed by atoms with Crippen molar-refractivity contribution in [3.05, 3.63) is 44.4 Å². The maximum atomic E-state index is 11.4. The third kappa shape index (κ3) is 2.94. The van der Waals surface area contributed by atoms with E-state index in [9.17, 15) is 19.7 Å². The molecule has 1 heterocycles. The molecule has 0 saturated carbocycles. The number of rotatable bonds is 5. The summed E-state index contributed by atoms with van der Waals surface area (Å²) in [6.45, 7) is 2.16. The van der Waals surface area contributed by atoms with Gasteiger partial charge in [-0.05, 0) is 30.8 Å². The molecule has 2 N–H and O–H groups in total. The Morgan fingerprint density at radius 2 is 2.29 bits per heavy atom. The number of hydrogen-bond donors (Lipinski definition) is 2. The zero-order valence-corrected chi connectivity index (χ0v) is 11.6. The summed E-state index contributed by atoms with van der Waals surface area (Å²) >= 11 is 1.03. The normalized spacial score (nSPS) is 10.5. The molecule has 2 aromatic rings. The molecule has 0 spiro atoms. The molecule has 0 aliphatic carbocycles. The van der Waals surface area contributed by atoms with Gasteiger partial charge in [-0.2, -0.15) is 0 Å². The van der Waals surface area contributed by atoms with Gasteiger partial charge >= 0.3 is 11.7 Å². The molecule has 10 heteroatoms. The second-order valence-electron chi connectivity index (χ2n) is 3.90. The second-order valence-corrected chi connectivity index (χ2v) is 4.94. The van der Waals surface area contributed by atoms with E-state index in [4.69, 9.17) is 5.11 Å². The number of nitro benzene ring substituents is 1. The number of carbonyl (C=O) groups is 1. The van der Waals surface area contributed by atoms with E-state index in [1.165, 1.54) is 10.6 Å². The van der Waals surface area contributed by atoms with Gasteiger partial charge in [-0.3, -0.25) is 14.7 Å². The van der Waals surface area contributed by atoms with E-state index < -0.39 is 16.6 Å². The summed E-state index contributed by atoms with van der Waals surface area (Å²) in [5.41, 5.74) is -1.27. The maximum Gasteiger partial charge on any atom is 0.343 e. The van der Waals surface area contributed by atoms with E-state index in [-0.39, 0.29) is 11.3 Å². The number of carboxylic acid groups (broad SMARTS) is 1. The van der Waals surface area contributed by atoms with Gasteiger partial charge in [0.15, 0.2) is 5.16 Å². The van der Waals surface area contributed by atoms with Gasteiger partial charge in [0.1, 0.15) is 5.56 Å². The Balaban J connectivity index is 2.41. The summed E-state index contributed by atoms with van der Waals surface area (Å²) < 4.78 is 1.36. The van der Waals surface area contributed by atoms with Gasteiger partial charge in [0.05, 0.1) is 4.92 Å². The number of hydrogen-bond acceptors (Lipinski definition) is 6. The summed E-state index contributed by atoms with van der Waals surface area (Å²) in [5, 5.41) is 26.3. The van der Waals surface area contributed by atoms with Crippen LogP contribution >= 0.6 is 11.8 Å². The zero-order valence-electron chi connectivity index (χ0n) is 10.8. The summed E-state index contributed by atoms with van der Waals surface area (Å²) in [6, 6.07) is 3.73. The van der Waals surface area contributed by atoms with Crippen LogP contribution in [0.2, 0.25) is 0 Å². The highest BCUT2D eigenvalue weighted by molar-refractivity contribution is 7.99. The number of aromatic carboxylic acids is 1. The van der Waals surface area contributed by atoms with E-state index >= 15 is 0 Å². The smallest absolute Gasteiger partial charge is 0.343 e. The van der Waals surface area contributed by atoms with E-state index in [0.29, 0.717) is 16.6 Å². The largest absolute Gasteiger partial charge is 0.477 e. The lowest BCUT2D eigenvalue weighted by molar-refractivity contribution is -0.385. The van der Waals surface area contributed by atoms with Crippen LogP contribution in [0, 0.1) is 10.1 Å². The summed E-state index contributed by atoms with van der Waals surface area (Å²) in [7, 11) is 0. The highest BCUT2D eigenvalue weighted by Gasteiger charge is 2.21. The lowest BCUT2D eigenvalue weighted by Crippen LogP contribution is -2.16. The van der Waals surface area contributed by atoms with Crippen molar-refractivity contribution in [1.82, 2.24) is 14.8 Å². The van der Waals surface area contributed by atoms with Crippen molar-refractivity contribution in [3.8, 4) is 0 Å². The minimum absolute atomic E-state index is 0.347. The number of aromatic nitrogens is 3. The highest BCUT2D eigenvalue weighted by Crippen LogP contribution is 2.30. The van der Waals surface area contributed by atoms with Gasteiger partial charge in [-0.15, -0.1) is 5.10 Å². The van der Waals surface area contributed by atoms with Crippen LogP contribution in [0.3, 0.4) is 0 Å². The topological polar surface area (TPSA) is 131 Å². The molecule has 0 radical (unpaired) electrons. The molecule has 0 aliphatic heterocycles. The van der Waals surface area contributed by atoms with E-state index in [2.05, 4.69) is 10.2 Å². The Bertz CT molecular complexity index is 766. The maximum absolute atomic E-state index is 11.4. The number of benzene rings is 1. The Labute approximate surface area is 121 Å². The fraction of sp³-hybridized carbons (Fsp3) is 0.182. The standard InChI is InChI=1S/C11H10N4O5S/c1-2-14-10(18)12-13-11(14)21-6-3-4-7(9(16)17)8(5-6)15(19)20/h3-5H,2H2,1H3,(H,12,18)(H,16,17). The number of nitro groups is 1. The van der Waals surface area contributed by atoms with Gasteiger partial charge in [0, 0.05) is 17.5 Å². The number of carboxylic acids is 1. The molecule has 9 nitrogen and oxygen atoms in total. The Morgan fingerprint density at radius 1 is 1.57 bits per heavy atom. The third-order valence-electron chi connectivity index (χ3n) is 2.64. The SMILES string of the molecule is CCn1c(Sc2ccc(C(=O)O)c([N+](=O)[O-])c2)n[nH]c1=O. The molecule has 110 valence electrons. The summed E-state index contributed by atoms with van der Waals surface area (Å²) in [4.78, 5) is 32.9. The van der Waals surface area contributed by atoms with Crippen molar-refractivity contribution in [2.24, 2.45) is 0 Å².